The highest BCUT2D eigenvalue weighted by Gasteiger charge is 2.63. The normalized spacial score (nSPS) is 43.4. The molecule has 1 N–H and O–H groups in total. The molecular weight excluding hydrogens is 437 g/mol. The van der Waals surface area contributed by atoms with Crippen LogP contribution in [0.4, 0.5) is 18.9 Å². The molecule has 3 nitrogen and oxygen atoms in total. The number of aliphatic hydroxyl groups is 1. The molecule has 0 bridgehead atoms. The van der Waals surface area contributed by atoms with Crippen molar-refractivity contribution in [1.82, 2.24) is 0 Å². The Bertz CT molecular complexity index is 1050. The van der Waals surface area contributed by atoms with E-state index in [4.69, 9.17) is 5.10 Å². The Kier molecular flexibility index (Phi) is 4.89. The lowest BCUT2D eigenvalue weighted by Gasteiger charge is -2.58. The van der Waals surface area contributed by atoms with Crippen molar-refractivity contribution in [2.24, 2.45) is 39.6 Å². The summed E-state index contributed by atoms with van der Waals surface area (Å²) in [4.78, 5) is 0. The maximum Gasteiger partial charge on any atom is 0.416 e. The Morgan fingerprint density at radius 1 is 1.03 bits per heavy atom. The summed E-state index contributed by atoms with van der Waals surface area (Å²) in [5.74, 6) is 2.29. The van der Waals surface area contributed by atoms with Gasteiger partial charge in [-0.3, -0.25) is 5.01 Å². The van der Waals surface area contributed by atoms with Crippen molar-refractivity contribution in [3.8, 4) is 0 Å². The Hall–Kier alpha value is -1.82. The maximum absolute atomic E-state index is 13.0. The van der Waals surface area contributed by atoms with Crippen LogP contribution in [0, 0.1) is 34.5 Å². The van der Waals surface area contributed by atoms with E-state index in [2.05, 4.69) is 26.8 Å². The van der Waals surface area contributed by atoms with Crippen LogP contribution in [0.2, 0.25) is 0 Å². The number of nitrogens with zero attached hydrogens (tertiary/aromatic N) is 2. The molecule has 184 valence electrons. The number of benzene rings is 1. The van der Waals surface area contributed by atoms with Crippen molar-refractivity contribution in [2.45, 2.75) is 84.0 Å². The Morgan fingerprint density at radius 3 is 2.47 bits per heavy atom. The number of rotatable bonds is 1. The highest BCUT2D eigenvalue weighted by molar-refractivity contribution is 5.94. The lowest BCUT2D eigenvalue weighted by Crippen LogP contribution is -2.52. The minimum atomic E-state index is -4.32. The van der Waals surface area contributed by atoms with Gasteiger partial charge in [-0.25, -0.2) is 0 Å². The molecule has 6 rings (SSSR count). The van der Waals surface area contributed by atoms with Crippen LogP contribution in [0.5, 0.6) is 0 Å². The largest absolute Gasteiger partial charge is 0.416 e. The van der Waals surface area contributed by atoms with Crippen molar-refractivity contribution in [1.29, 1.82) is 0 Å². The maximum atomic E-state index is 13.0. The number of aliphatic hydroxyl groups excluding tert-OH is 1. The molecule has 4 aliphatic carbocycles. The molecule has 8 atom stereocenters. The fraction of sp³-hybridized carbons (Fsp3) is 0.679. The second-order valence-electron chi connectivity index (χ2n) is 12.1. The van der Waals surface area contributed by atoms with Gasteiger partial charge in [-0.2, -0.15) is 18.3 Å². The van der Waals surface area contributed by atoms with Crippen LogP contribution >= 0.6 is 0 Å². The molecule has 0 radical (unpaired) electrons. The molecule has 3 saturated carbocycles. The molecule has 0 saturated heterocycles. The minimum Gasteiger partial charge on any atom is -0.393 e. The molecule has 0 aromatic heterocycles. The van der Waals surface area contributed by atoms with Gasteiger partial charge in [-0.1, -0.05) is 25.5 Å². The zero-order valence-corrected chi connectivity index (χ0v) is 20.3. The molecule has 0 amide bonds. The van der Waals surface area contributed by atoms with Crippen LogP contribution in [0.3, 0.4) is 0 Å². The summed E-state index contributed by atoms with van der Waals surface area (Å²) < 4.78 is 39.1. The third kappa shape index (κ3) is 3.09. The van der Waals surface area contributed by atoms with Crippen molar-refractivity contribution in [3.63, 3.8) is 0 Å². The number of fused-ring (bicyclic) bond motifs is 7. The predicted molar refractivity (Wildman–Crippen MR) is 127 cm³/mol. The van der Waals surface area contributed by atoms with Crippen molar-refractivity contribution in [2.75, 3.05) is 5.01 Å². The van der Waals surface area contributed by atoms with E-state index in [1.165, 1.54) is 36.3 Å². The summed E-state index contributed by atoms with van der Waals surface area (Å²) in [6.45, 7) is 7.10. The minimum absolute atomic E-state index is 0.147. The first kappa shape index (κ1) is 22.6. The molecule has 6 heteroatoms. The van der Waals surface area contributed by atoms with Crippen molar-refractivity contribution >= 4 is 11.4 Å². The standard InChI is InChI=1S/C28H35F3N2O/c1-16-25-24(32-33(16)19-7-4-17(5-8-19)28(29,30)31)15-23-21-9-6-18-14-20(34)10-12-26(18,2)22(21)11-13-27(23,25)3/h4-8,16,20-23,25,34H,9-15H2,1-3H3/t16-,20-,21+,22-,23-,25-,26-,27-/m0/s1. The fourth-order valence-electron chi connectivity index (χ4n) is 8.89. The first-order chi connectivity index (χ1) is 16.0. The molecule has 1 heterocycles. The second-order valence-corrected chi connectivity index (χ2v) is 12.1. The summed E-state index contributed by atoms with van der Waals surface area (Å²) in [6, 6.07) is 5.60. The van der Waals surface area contributed by atoms with E-state index in [0.717, 1.165) is 37.8 Å². The van der Waals surface area contributed by atoms with E-state index < -0.39 is 11.7 Å². The van der Waals surface area contributed by atoms with Gasteiger partial charge in [0.05, 0.1) is 23.4 Å². The quantitative estimate of drug-likeness (QED) is 0.455. The van der Waals surface area contributed by atoms with Crippen LogP contribution in [0.1, 0.15) is 71.3 Å². The lowest BCUT2D eigenvalue weighted by atomic mass is 9.47. The monoisotopic (exact) mass is 472 g/mol. The summed E-state index contributed by atoms with van der Waals surface area (Å²) >= 11 is 0. The SMILES string of the molecule is C[C@H]1[C@H]2C(=NN1c1ccc(C(F)(F)F)cc1)C[C@H]1[C@@H]3CC=C4C[C@@H](O)CC[C@]4(C)[C@H]3CC[C@]21C. The van der Waals surface area contributed by atoms with Gasteiger partial charge in [-0.15, -0.1) is 0 Å². The van der Waals surface area contributed by atoms with E-state index >= 15 is 0 Å². The van der Waals surface area contributed by atoms with Gasteiger partial charge in [0.2, 0.25) is 0 Å². The number of halogens is 3. The molecule has 0 unspecified atom stereocenters. The van der Waals surface area contributed by atoms with Gasteiger partial charge in [0.1, 0.15) is 0 Å². The smallest absolute Gasteiger partial charge is 0.393 e. The zero-order valence-electron chi connectivity index (χ0n) is 20.3. The highest BCUT2D eigenvalue weighted by atomic mass is 19.4. The molecule has 1 aromatic carbocycles. The van der Waals surface area contributed by atoms with Crippen LogP contribution in [0.25, 0.3) is 0 Å². The van der Waals surface area contributed by atoms with Crippen molar-refractivity contribution < 1.29 is 18.3 Å². The third-order valence-corrected chi connectivity index (χ3v) is 10.6. The number of hydrogen-bond donors (Lipinski definition) is 1. The zero-order chi connectivity index (χ0) is 24.0. The predicted octanol–water partition coefficient (Wildman–Crippen LogP) is 6.82. The number of alkyl halides is 3. The van der Waals surface area contributed by atoms with E-state index in [1.54, 1.807) is 12.1 Å². The number of anilines is 1. The van der Waals surface area contributed by atoms with Crippen LogP contribution in [0.15, 0.2) is 41.0 Å². The van der Waals surface area contributed by atoms with Crippen molar-refractivity contribution in [3.05, 3.63) is 41.5 Å². The number of hydrogen-bond acceptors (Lipinski definition) is 3. The molecule has 1 aromatic rings. The third-order valence-electron chi connectivity index (χ3n) is 10.6. The number of hydrazone groups is 1. The summed E-state index contributed by atoms with van der Waals surface area (Å²) in [5, 5.41) is 17.2. The topological polar surface area (TPSA) is 35.8 Å². The van der Waals surface area contributed by atoms with Gasteiger partial charge in [0, 0.05) is 11.6 Å². The Balaban J connectivity index is 1.28. The van der Waals surface area contributed by atoms with Gasteiger partial charge in [0.15, 0.2) is 0 Å². The molecule has 3 fully saturated rings. The molecule has 5 aliphatic rings. The van der Waals surface area contributed by atoms with E-state index in [9.17, 15) is 18.3 Å². The fourth-order valence-corrected chi connectivity index (χ4v) is 8.89. The molecule has 34 heavy (non-hydrogen) atoms. The van der Waals surface area contributed by atoms with E-state index in [0.29, 0.717) is 23.7 Å². The van der Waals surface area contributed by atoms with Crippen LogP contribution in [-0.2, 0) is 6.18 Å². The van der Waals surface area contributed by atoms with Gasteiger partial charge < -0.3 is 5.11 Å². The lowest BCUT2D eigenvalue weighted by molar-refractivity contribution is -0.137. The van der Waals surface area contributed by atoms with Gasteiger partial charge in [-0.05, 0) is 105 Å². The average molecular weight is 473 g/mol. The summed E-state index contributed by atoms with van der Waals surface area (Å²) in [5.41, 5.74) is 3.27. The average Bonchev–Trinajstić information content (AvgIpc) is 3.27. The summed E-state index contributed by atoms with van der Waals surface area (Å²) in [7, 11) is 0. The first-order valence-corrected chi connectivity index (χ1v) is 12.9. The van der Waals surface area contributed by atoms with E-state index in [-0.39, 0.29) is 23.0 Å². The second kappa shape index (κ2) is 7.35. The van der Waals surface area contributed by atoms with Crippen LogP contribution in [-0.4, -0.2) is 23.0 Å². The Morgan fingerprint density at radius 2 is 1.76 bits per heavy atom. The van der Waals surface area contributed by atoms with Crippen LogP contribution < -0.4 is 5.01 Å². The number of allylic oxidation sites excluding steroid dienone is 1. The molecule has 0 spiro atoms. The summed E-state index contributed by atoms with van der Waals surface area (Å²) in [6.07, 6.45) is 5.32. The van der Waals surface area contributed by atoms with E-state index in [1.807, 2.05) is 5.01 Å². The molecular formula is C28H35F3N2O. The highest BCUT2D eigenvalue weighted by Crippen LogP contribution is 2.67. The molecule has 1 aliphatic heterocycles. The van der Waals surface area contributed by atoms with Gasteiger partial charge >= 0.3 is 6.18 Å². The Labute approximate surface area is 200 Å². The first-order valence-electron chi connectivity index (χ1n) is 12.9. The van der Waals surface area contributed by atoms with Gasteiger partial charge in [0.25, 0.3) is 0 Å².